The summed E-state index contributed by atoms with van der Waals surface area (Å²) in [6, 6.07) is 27.1. The van der Waals surface area contributed by atoms with Crippen molar-refractivity contribution in [2.24, 2.45) is 0 Å². The number of hydrogen-bond acceptors (Lipinski definition) is 4. The van der Waals surface area contributed by atoms with E-state index >= 15 is 0 Å². The highest BCUT2D eigenvalue weighted by Gasteiger charge is 2.39. The van der Waals surface area contributed by atoms with Gasteiger partial charge < -0.3 is 18.2 Å². The lowest BCUT2D eigenvalue weighted by atomic mass is 10.1. The summed E-state index contributed by atoms with van der Waals surface area (Å²) in [6.07, 6.45) is 1.95. The van der Waals surface area contributed by atoms with Crippen LogP contribution < -0.4 is 4.90 Å². The molecule has 182 valence electrons. The summed E-state index contributed by atoms with van der Waals surface area (Å²) in [6.45, 7) is 12.1. The standard InChI is InChI=1S/C29H39NO3Si/c1-6-31-34(32-7-2,33-8-3)23-9-10-26-15-21-29(22-16-26)30(27-17-11-24(4)12-18-27)28-19-13-25(5)14-20-28/h11-22H,6-10,23H2,1-5H3. The molecule has 3 aromatic rings. The summed E-state index contributed by atoms with van der Waals surface area (Å²) in [5.41, 5.74) is 7.29. The fourth-order valence-corrected chi connectivity index (χ4v) is 6.77. The van der Waals surface area contributed by atoms with Crippen LogP contribution in [-0.2, 0) is 19.7 Å². The maximum absolute atomic E-state index is 6.00. The third-order valence-electron chi connectivity index (χ3n) is 5.82. The highest BCUT2D eigenvalue weighted by molar-refractivity contribution is 6.60. The van der Waals surface area contributed by atoms with E-state index in [0.29, 0.717) is 19.8 Å². The molecule has 0 saturated heterocycles. The molecule has 3 rings (SSSR count). The first-order chi connectivity index (χ1) is 16.5. The molecule has 34 heavy (non-hydrogen) atoms. The quantitative estimate of drug-likeness (QED) is 0.235. The van der Waals surface area contributed by atoms with Gasteiger partial charge in [0.1, 0.15) is 0 Å². The van der Waals surface area contributed by atoms with Crippen LogP contribution in [0.1, 0.15) is 43.9 Å². The average molecular weight is 478 g/mol. The van der Waals surface area contributed by atoms with Crippen LogP contribution in [0.4, 0.5) is 17.1 Å². The van der Waals surface area contributed by atoms with E-state index in [4.69, 9.17) is 13.3 Å². The van der Waals surface area contributed by atoms with Gasteiger partial charge in [0.05, 0.1) is 0 Å². The van der Waals surface area contributed by atoms with Crippen molar-refractivity contribution >= 4 is 25.9 Å². The van der Waals surface area contributed by atoms with Gasteiger partial charge in [0.25, 0.3) is 0 Å². The van der Waals surface area contributed by atoms with Crippen LogP contribution in [0.15, 0.2) is 72.8 Å². The second kappa shape index (κ2) is 12.9. The number of nitrogens with zero attached hydrogens (tertiary/aromatic N) is 1. The molecule has 0 spiro atoms. The third kappa shape index (κ3) is 7.03. The lowest BCUT2D eigenvalue weighted by Gasteiger charge is -2.28. The number of aryl methyl sites for hydroxylation is 3. The number of benzene rings is 3. The van der Waals surface area contributed by atoms with Crippen molar-refractivity contribution in [3.8, 4) is 0 Å². The molecule has 0 N–H and O–H groups in total. The van der Waals surface area contributed by atoms with Gasteiger partial charge in [-0.15, -0.1) is 0 Å². The van der Waals surface area contributed by atoms with Gasteiger partial charge in [0.15, 0.2) is 0 Å². The van der Waals surface area contributed by atoms with Crippen LogP contribution in [0, 0.1) is 13.8 Å². The number of rotatable bonds is 13. The van der Waals surface area contributed by atoms with E-state index in [0.717, 1.165) is 35.9 Å². The minimum atomic E-state index is -2.58. The second-order valence-electron chi connectivity index (χ2n) is 8.51. The van der Waals surface area contributed by atoms with Gasteiger partial charge in [-0.1, -0.05) is 47.5 Å². The predicted molar refractivity (Wildman–Crippen MR) is 144 cm³/mol. The normalized spacial score (nSPS) is 11.6. The Bertz CT molecular complexity index is 925. The van der Waals surface area contributed by atoms with Crippen molar-refractivity contribution in [1.82, 2.24) is 0 Å². The Kier molecular flexibility index (Phi) is 9.90. The van der Waals surface area contributed by atoms with Gasteiger partial charge in [-0.3, -0.25) is 0 Å². The van der Waals surface area contributed by atoms with Crippen molar-refractivity contribution in [1.29, 1.82) is 0 Å². The van der Waals surface area contributed by atoms with E-state index in [1.54, 1.807) is 0 Å². The van der Waals surface area contributed by atoms with Gasteiger partial charge in [-0.25, -0.2) is 0 Å². The lowest BCUT2D eigenvalue weighted by molar-refractivity contribution is 0.0708. The Balaban J connectivity index is 1.76. The van der Waals surface area contributed by atoms with E-state index in [1.165, 1.54) is 16.7 Å². The van der Waals surface area contributed by atoms with E-state index in [2.05, 4.69) is 91.5 Å². The first-order valence-electron chi connectivity index (χ1n) is 12.4. The van der Waals surface area contributed by atoms with Crippen molar-refractivity contribution in [3.05, 3.63) is 89.5 Å². The lowest BCUT2D eigenvalue weighted by Crippen LogP contribution is -2.46. The Labute approximate surface area is 206 Å². The molecule has 0 fully saturated rings. The fourth-order valence-electron chi connectivity index (χ4n) is 4.16. The van der Waals surface area contributed by atoms with Crippen molar-refractivity contribution in [2.45, 2.75) is 53.5 Å². The molecule has 0 radical (unpaired) electrons. The number of anilines is 3. The second-order valence-corrected chi connectivity index (χ2v) is 11.2. The van der Waals surface area contributed by atoms with Crippen LogP contribution in [0.2, 0.25) is 6.04 Å². The molecular formula is C29H39NO3Si. The molecule has 0 aliphatic carbocycles. The molecule has 0 aliphatic heterocycles. The maximum atomic E-state index is 6.00. The van der Waals surface area contributed by atoms with E-state index in [1.807, 2.05) is 20.8 Å². The van der Waals surface area contributed by atoms with E-state index < -0.39 is 8.80 Å². The number of hydrogen-bond donors (Lipinski definition) is 0. The smallest absolute Gasteiger partial charge is 0.374 e. The van der Waals surface area contributed by atoms with Gasteiger partial charge >= 0.3 is 8.80 Å². The van der Waals surface area contributed by atoms with Gasteiger partial charge in [-0.05, 0) is 89.4 Å². The average Bonchev–Trinajstić information content (AvgIpc) is 2.83. The van der Waals surface area contributed by atoms with E-state index in [-0.39, 0.29) is 0 Å². The third-order valence-corrected chi connectivity index (χ3v) is 8.97. The Hall–Kier alpha value is -2.44. The van der Waals surface area contributed by atoms with Gasteiger partial charge in [0, 0.05) is 42.9 Å². The highest BCUT2D eigenvalue weighted by Crippen LogP contribution is 2.35. The molecule has 0 saturated carbocycles. The Morgan fingerprint density at radius 1 is 0.588 bits per heavy atom. The molecule has 0 aliphatic rings. The zero-order valence-electron chi connectivity index (χ0n) is 21.3. The Morgan fingerprint density at radius 3 is 1.35 bits per heavy atom. The molecule has 0 bridgehead atoms. The summed E-state index contributed by atoms with van der Waals surface area (Å²) in [5, 5.41) is 0. The first-order valence-corrected chi connectivity index (χ1v) is 14.4. The summed E-state index contributed by atoms with van der Waals surface area (Å²) in [4.78, 5) is 2.31. The maximum Gasteiger partial charge on any atom is 0.500 e. The van der Waals surface area contributed by atoms with Crippen LogP contribution in [0.3, 0.4) is 0 Å². The minimum absolute atomic E-state index is 0.620. The zero-order chi connectivity index (χ0) is 24.4. The predicted octanol–water partition coefficient (Wildman–Crippen LogP) is 7.75. The fraction of sp³-hybridized carbons (Fsp3) is 0.379. The van der Waals surface area contributed by atoms with Gasteiger partial charge in [-0.2, -0.15) is 0 Å². The summed E-state index contributed by atoms with van der Waals surface area (Å²) < 4.78 is 18.0. The SMILES string of the molecule is CCO[Si](CCCc1ccc(N(c2ccc(C)cc2)c2ccc(C)cc2)cc1)(OCC)OCC. The van der Waals surface area contributed by atoms with Crippen molar-refractivity contribution in [2.75, 3.05) is 24.7 Å². The molecule has 0 atom stereocenters. The zero-order valence-corrected chi connectivity index (χ0v) is 22.3. The van der Waals surface area contributed by atoms with Crippen LogP contribution >= 0.6 is 0 Å². The molecular weight excluding hydrogens is 438 g/mol. The molecule has 4 nitrogen and oxygen atoms in total. The van der Waals surface area contributed by atoms with Crippen LogP contribution in [0.5, 0.6) is 0 Å². The summed E-state index contributed by atoms with van der Waals surface area (Å²) in [7, 11) is -2.58. The monoisotopic (exact) mass is 477 g/mol. The van der Waals surface area contributed by atoms with Crippen LogP contribution in [-0.4, -0.2) is 28.6 Å². The molecule has 0 unspecified atom stereocenters. The van der Waals surface area contributed by atoms with E-state index in [9.17, 15) is 0 Å². The molecule has 5 heteroatoms. The molecule has 0 heterocycles. The molecule has 0 aromatic heterocycles. The summed E-state index contributed by atoms with van der Waals surface area (Å²) in [5.74, 6) is 0. The summed E-state index contributed by atoms with van der Waals surface area (Å²) >= 11 is 0. The van der Waals surface area contributed by atoms with Crippen molar-refractivity contribution < 1.29 is 13.3 Å². The topological polar surface area (TPSA) is 30.9 Å². The molecule has 0 amide bonds. The minimum Gasteiger partial charge on any atom is -0.374 e. The highest BCUT2D eigenvalue weighted by atomic mass is 28.4. The largest absolute Gasteiger partial charge is 0.500 e. The van der Waals surface area contributed by atoms with Crippen molar-refractivity contribution in [3.63, 3.8) is 0 Å². The first kappa shape index (κ1) is 26.2. The molecule has 3 aromatic carbocycles. The van der Waals surface area contributed by atoms with Gasteiger partial charge in [0.2, 0.25) is 0 Å². The Morgan fingerprint density at radius 2 is 0.971 bits per heavy atom. The van der Waals surface area contributed by atoms with Crippen LogP contribution in [0.25, 0.3) is 0 Å².